The van der Waals surface area contributed by atoms with Crippen molar-refractivity contribution in [2.24, 2.45) is 0 Å². The van der Waals surface area contributed by atoms with Gasteiger partial charge in [0, 0.05) is 42.6 Å². The Balaban J connectivity index is 1.37. The van der Waals surface area contributed by atoms with E-state index in [4.69, 9.17) is 4.98 Å². The van der Waals surface area contributed by atoms with Crippen LogP contribution in [0.2, 0.25) is 0 Å². The summed E-state index contributed by atoms with van der Waals surface area (Å²) < 4.78 is 0. The largest absolute Gasteiger partial charge is 0.354 e. The number of nitrogens with one attached hydrogen (secondary N) is 1. The fourth-order valence-electron chi connectivity index (χ4n) is 4.30. The summed E-state index contributed by atoms with van der Waals surface area (Å²) in [7, 11) is 0. The van der Waals surface area contributed by atoms with Gasteiger partial charge in [0.15, 0.2) is 0 Å². The molecule has 6 nitrogen and oxygen atoms in total. The van der Waals surface area contributed by atoms with E-state index in [0.29, 0.717) is 5.69 Å². The Labute approximate surface area is 187 Å². The standard InChI is InChI=1S/C26H27N5O/c1-3-30-12-14-31(15-13-30)25-16-18(2)21-17-20(9-11-23(21)29-25)27-26(32)24-10-8-19-6-4-5-7-22(19)28-24/h4-11,16-17H,3,12-15H2,1-2H3,(H,27,32). The van der Waals surface area contributed by atoms with E-state index in [1.807, 2.05) is 48.5 Å². The second-order valence-corrected chi connectivity index (χ2v) is 8.29. The molecule has 1 aliphatic heterocycles. The smallest absolute Gasteiger partial charge is 0.274 e. The monoisotopic (exact) mass is 425 g/mol. The van der Waals surface area contributed by atoms with Crippen LogP contribution in [0.1, 0.15) is 23.0 Å². The lowest BCUT2D eigenvalue weighted by Gasteiger charge is -2.35. The van der Waals surface area contributed by atoms with Gasteiger partial charge >= 0.3 is 0 Å². The molecule has 32 heavy (non-hydrogen) atoms. The molecule has 0 spiro atoms. The molecule has 5 rings (SSSR count). The third-order valence-corrected chi connectivity index (χ3v) is 6.23. The highest BCUT2D eigenvalue weighted by Gasteiger charge is 2.18. The van der Waals surface area contributed by atoms with Gasteiger partial charge in [-0.3, -0.25) is 4.79 Å². The molecule has 4 aromatic rings. The molecule has 0 radical (unpaired) electrons. The van der Waals surface area contributed by atoms with Gasteiger partial charge in [-0.2, -0.15) is 0 Å². The van der Waals surface area contributed by atoms with E-state index in [-0.39, 0.29) is 5.91 Å². The first kappa shape index (κ1) is 20.4. The number of pyridine rings is 2. The van der Waals surface area contributed by atoms with Crippen molar-refractivity contribution in [2.45, 2.75) is 13.8 Å². The summed E-state index contributed by atoms with van der Waals surface area (Å²) in [5.41, 5.74) is 4.06. The minimum absolute atomic E-state index is 0.217. The first-order valence-corrected chi connectivity index (χ1v) is 11.2. The van der Waals surface area contributed by atoms with Crippen molar-refractivity contribution < 1.29 is 4.79 Å². The fraction of sp³-hybridized carbons (Fsp3) is 0.269. The predicted molar refractivity (Wildman–Crippen MR) is 131 cm³/mol. The molecular formula is C26H27N5O. The van der Waals surface area contributed by atoms with Crippen LogP contribution in [0.5, 0.6) is 0 Å². The average Bonchev–Trinajstić information content (AvgIpc) is 2.84. The van der Waals surface area contributed by atoms with Crippen molar-refractivity contribution >= 4 is 39.2 Å². The van der Waals surface area contributed by atoms with E-state index >= 15 is 0 Å². The van der Waals surface area contributed by atoms with Gasteiger partial charge < -0.3 is 15.1 Å². The molecule has 1 aliphatic rings. The Morgan fingerprint density at radius 1 is 0.938 bits per heavy atom. The molecule has 2 aromatic heterocycles. The maximum atomic E-state index is 12.8. The highest BCUT2D eigenvalue weighted by atomic mass is 16.1. The number of carbonyl (C=O) groups excluding carboxylic acids is 1. The Morgan fingerprint density at radius 2 is 1.75 bits per heavy atom. The topological polar surface area (TPSA) is 61.4 Å². The van der Waals surface area contributed by atoms with Crippen molar-refractivity contribution in [1.82, 2.24) is 14.9 Å². The van der Waals surface area contributed by atoms with E-state index in [1.54, 1.807) is 6.07 Å². The molecular weight excluding hydrogens is 398 g/mol. The van der Waals surface area contributed by atoms with Crippen LogP contribution in [0.3, 0.4) is 0 Å². The molecule has 162 valence electrons. The van der Waals surface area contributed by atoms with Crippen LogP contribution < -0.4 is 10.2 Å². The molecule has 1 fully saturated rings. The number of piperazine rings is 1. The highest BCUT2D eigenvalue weighted by Crippen LogP contribution is 2.26. The van der Waals surface area contributed by atoms with E-state index in [2.05, 4.69) is 40.0 Å². The summed E-state index contributed by atoms with van der Waals surface area (Å²) in [6.07, 6.45) is 0. The van der Waals surface area contributed by atoms with Crippen LogP contribution >= 0.6 is 0 Å². The van der Waals surface area contributed by atoms with Gasteiger partial charge in [0.1, 0.15) is 11.5 Å². The van der Waals surface area contributed by atoms with Gasteiger partial charge in [-0.1, -0.05) is 31.2 Å². The summed E-state index contributed by atoms with van der Waals surface area (Å²) in [5, 5.41) is 5.05. The van der Waals surface area contributed by atoms with Gasteiger partial charge in [0.2, 0.25) is 0 Å². The first-order valence-electron chi connectivity index (χ1n) is 11.2. The Hall–Kier alpha value is -3.51. The zero-order valence-corrected chi connectivity index (χ0v) is 18.5. The summed E-state index contributed by atoms with van der Waals surface area (Å²) in [6, 6.07) is 19.5. The molecule has 0 atom stereocenters. The molecule has 2 aromatic carbocycles. The number of fused-ring (bicyclic) bond motifs is 2. The van der Waals surface area contributed by atoms with Crippen molar-refractivity contribution in [3.8, 4) is 0 Å². The van der Waals surface area contributed by atoms with Crippen LogP contribution in [0.15, 0.2) is 60.7 Å². The minimum Gasteiger partial charge on any atom is -0.354 e. The number of benzene rings is 2. The van der Waals surface area contributed by atoms with Gasteiger partial charge in [-0.05, 0) is 55.4 Å². The highest BCUT2D eigenvalue weighted by molar-refractivity contribution is 6.05. The third kappa shape index (κ3) is 4.01. The summed E-state index contributed by atoms with van der Waals surface area (Å²) in [4.78, 5) is 27.0. The average molecular weight is 426 g/mol. The second kappa shape index (κ2) is 8.55. The molecule has 1 N–H and O–H groups in total. The number of anilines is 2. The first-order chi connectivity index (χ1) is 15.6. The van der Waals surface area contributed by atoms with E-state index in [9.17, 15) is 4.79 Å². The number of likely N-dealkylation sites (N-methyl/N-ethyl adjacent to an activating group) is 1. The normalized spacial score (nSPS) is 14.8. The summed E-state index contributed by atoms with van der Waals surface area (Å²) >= 11 is 0. The SMILES string of the molecule is CCN1CCN(c2cc(C)c3cc(NC(=O)c4ccc5ccccc5n4)ccc3n2)CC1. The molecule has 0 aliphatic carbocycles. The molecule has 6 heteroatoms. The maximum absolute atomic E-state index is 12.8. The van der Waals surface area contributed by atoms with Gasteiger partial charge in [-0.25, -0.2) is 9.97 Å². The van der Waals surface area contributed by atoms with Gasteiger partial charge in [-0.15, -0.1) is 0 Å². The molecule has 1 amide bonds. The van der Waals surface area contributed by atoms with E-state index < -0.39 is 0 Å². The number of hydrogen-bond donors (Lipinski definition) is 1. The number of hydrogen-bond acceptors (Lipinski definition) is 5. The third-order valence-electron chi connectivity index (χ3n) is 6.23. The minimum atomic E-state index is -0.217. The molecule has 3 heterocycles. The summed E-state index contributed by atoms with van der Waals surface area (Å²) in [5.74, 6) is 0.814. The van der Waals surface area contributed by atoms with Gasteiger partial charge in [0.05, 0.1) is 11.0 Å². The number of rotatable bonds is 4. The zero-order chi connectivity index (χ0) is 22.1. The number of aryl methyl sites for hydroxylation is 1. The van der Waals surface area contributed by atoms with Crippen molar-refractivity contribution in [2.75, 3.05) is 42.9 Å². The predicted octanol–water partition coefficient (Wildman–Crippen LogP) is 4.49. The summed E-state index contributed by atoms with van der Waals surface area (Å²) in [6.45, 7) is 9.55. The van der Waals surface area contributed by atoms with Crippen LogP contribution in [-0.4, -0.2) is 53.5 Å². The van der Waals surface area contributed by atoms with Crippen LogP contribution in [0, 0.1) is 6.92 Å². The lowest BCUT2D eigenvalue weighted by Crippen LogP contribution is -2.46. The number of carbonyl (C=O) groups is 1. The molecule has 0 bridgehead atoms. The second-order valence-electron chi connectivity index (χ2n) is 8.29. The van der Waals surface area contributed by atoms with Crippen LogP contribution in [0.4, 0.5) is 11.5 Å². The fourth-order valence-corrected chi connectivity index (χ4v) is 4.30. The van der Waals surface area contributed by atoms with Crippen molar-refractivity contribution in [3.05, 3.63) is 71.9 Å². The lowest BCUT2D eigenvalue weighted by molar-refractivity contribution is 0.102. The van der Waals surface area contributed by atoms with E-state index in [0.717, 1.165) is 71.6 Å². The van der Waals surface area contributed by atoms with Crippen LogP contribution in [0.25, 0.3) is 21.8 Å². The molecule has 0 unspecified atom stereocenters. The molecule has 0 saturated carbocycles. The number of nitrogens with zero attached hydrogens (tertiary/aromatic N) is 4. The van der Waals surface area contributed by atoms with E-state index in [1.165, 1.54) is 0 Å². The number of aromatic nitrogens is 2. The Morgan fingerprint density at radius 3 is 2.56 bits per heavy atom. The zero-order valence-electron chi connectivity index (χ0n) is 18.5. The Bertz CT molecular complexity index is 1290. The maximum Gasteiger partial charge on any atom is 0.274 e. The number of para-hydroxylation sites is 1. The van der Waals surface area contributed by atoms with Crippen LogP contribution in [-0.2, 0) is 0 Å². The Kier molecular flexibility index (Phi) is 5.45. The van der Waals surface area contributed by atoms with Crippen molar-refractivity contribution in [1.29, 1.82) is 0 Å². The van der Waals surface area contributed by atoms with Crippen molar-refractivity contribution in [3.63, 3.8) is 0 Å². The lowest BCUT2D eigenvalue weighted by atomic mass is 10.1. The molecule has 1 saturated heterocycles. The quantitative estimate of drug-likeness (QED) is 0.522. The van der Waals surface area contributed by atoms with Gasteiger partial charge in [0.25, 0.3) is 5.91 Å². The number of amides is 1.